The summed E-state index contributed by atoms with van der Waals surface area (Å²) in [6.07, 6.45) is 6.34. The van der Waals surface area contributed by atoms with Crippen LogP contribution in [-0.2, 0) is 23.9 Å². The summed E-state index contributed by atoms with van der Waals surface area (Å²) in [5, 5.41) is 21.8. The van der Waals surface area contributed by atoms with Gasteiger partial charge in [-0.3, -0.25) is 9.59 Å². The van der Waals surface area contributed by atoms with Gasteiger partial charge >= 0.3 is 11.9 Å². The van der Waals surface area contributed by atoms with Gasteiger partial charge in [0.1, 0.15) is 6.10 Å². The molecule has 5 aliphatic rings. The molecule has 1 heterocycles. The zero-order valence-electron chi connectivity index (χ0n) is 21.3. The third kappa shape index (κ3) is 3.00. The van der Waals surface area contributed by atoms with E-state index in [1.165, 1.54) is 13.0 Å². The second-order valence-corrected chi connectivity index (χ2v) is 12.4. The molecule has 5 rings (SSSR count). The van der Waals surface area contributed by atoms with Gasteiger partial charge in [0.2, 0.25) is 6.29 Å². The third-order valence-electron chi connectivity index (χ3n) is 10.3. The number of ketones is 1. The van der Waals surface area contributed by atoms with E-state index in [-0.39, 0.29) is 17.6 Å². The van der Waals surface area contributed by atoms with Crippen LogP contribution in [0, 0.1) is 39.4 Å². The summed E-state index contributed by atoms with van der Waals surface area (Å²) >= 11 is 0. The lowest BCUT2D eigenvalue weighted by molar-refractivity contribution is -0.228. The van der Waals surface area contributed by atoms with Crippen molar-refractivity contribution in [1.82, 2.24) is 0 Å². The second kappa shape index (κ2) is 7.39. The summed E-state index contributed by atoms with van der Waals surface area (Å²) in [4.78, 5) is 37.8. The molecule has 0 spiro atoms. The van der Waals surface area contributed by atoms with E-state index in [1.54, 1.807) is 6.08 Å². The van der Waals surface area contributed by atoms with Crippen molar-refractivity contribution in [1.29, 1.82) is 0 Å². The van der Waals surface area contributed by atoms with E-state index in [9.17, 15) is 24.6 Å². The van der Waals surface area contributed by atoms with Crippen molar-refractivity contribution in [2.24, 2.45) is 39.4 Å². The highest BCUT2D eigenvalue weighted by molar-refractivity contribution is 5.96. The molecule has 0 aromatic heterocycles. The number of rotatable bonds is 2. The van der Waals surface area contributed by atoms with Gasteiger partial charge < -0.3 is 19.7 Å². The monoisotopic (exact) mass is 484 g/mol. The first-order chi connectivity index (χ1) is 16.2. The lowest BCUT2D eigenvalue weighted by Gasteiger charge is -2.67. The molecule has 7 nitrogen and oxygen atoms in total. The number of aliphatic hydroxyl groups excluding tert-OH is 2. The fraction of sp³-hybridized carbons (Fsp3) is 0.679. The normalized spacial score (nSPS) is 47.8. The van der Waals surface area contributed by atoms with E-state index in [0.717, 1.165) is 18.4 Å². The Morgan fingerprint density at radius 1 is 1.14 bits per heavy atom. The number of ether oxygens (including phenoxy) is 2. The molecule has 4 aliphatic carbocycles. The summed E-state index contributed by atoms with van der Waals surface area (Å²) in [6.45, 7) is 11.4. The van der Waals surface area contributed by atoms with Crippen molar-refractivity contribution in [3.05, 3.63) is 35.5 Å². The Morgan fingerprint density at radius 3 is 2.43 bits per heavy atom. The lowest BCUT2D eigenvalue weighted by Crippen LogP contribution is -2.70. The number of allylic oxidation sites excluding steroid dienone is 3. The van der Waals surface area contributed by atoms with Crippen LogP contribution in [0.4, 0.5) is 0 Å². The quantitative estimate of drug-likeness (QED) is 0.457. The van der Waals surface area contributed by atoms with Gasteiger partial charge in [0.25, 0.3) is 0 Å². The Hall–Kier alpha value is -2.25. The molecule has 2 N–H and O–H groups in total. The van der Waals surface area contributed by atoms with Gasteiger partial charge in [-0.05, 0) is 48.2 Å². The van der Waals surface area contributed by atoms with E-state index >= 15 is 0 Å². The van der Waals surface area contributed by atoms with Crippen molar-refractivity contribution < 1.29 is 34.1 Å². The minimum Gasteiger partial charge on any atom is -0.459 e. The van der Waals surface area contributed by atoms with Gasteiger partial charge in [-0.25, -0.2) is 4.79 Å². The zero-order valence-corrected chi connectivity index (χ0v) is 21.3. The number of esters is 2. The standard InChI is InChI=1S/C28H36O7/c1-14(29)34-23-21(32)22-25(2,3)19(30)10-12-27(22,5)18-9-11-26(4)16(7-8-17(26)28(18,23)6)15-13-20(31)35-24(15)33/h8,10,12-13,16,18,20-23,31-32H,7,9,11H2,1-6H3/t16-,18+,20+,21+,22-,23+,26-,27+,28-/m0/s1. The number of aliphatic hydroxyl groups is 2. The molecule has 35 heavy (non-hydrogen) atoms. The van der Waals surface area contributed by atoms with Gasteiger partial charge in [-0.15, -0.1) is 0 Å². The number of fused-ring (bicyclic) bond motifs is 5. The van der Waals surface area contributed by atoms with Crippen LogP contribution in [0.5, 0.6) is 0 Å². The Balaban J connectivity index is 1.66. The van der Waals surface area contributed by atoms with E-state index in [2.05, 4.69) is 26.8 Å². The van der Waals surface area contributed by atoms with Crippen LogP contribution >= 0.6 is 0 Å². The fourth-order valence-corrected chi connectivity index (χ4v) is 9.00. The van der Waals surface area contributed by atoms with Crippen molar-refractivity contribution in [2.75, 3.05) is 0 Å². The van der Waals surface area contributed by atoms with Crippen molar-refractivity contribution in [2.45, 2.75) is 79.3 Å². The number of carbonyl (C=O) groups excluding carboxylic acids is 3. The van der Waals surface area contributed by atoms with Crippen molar-refractivity contribution >= 4 is 17.7 Å². The Morgan fingerprint density at radius 2 is 1.83 bits per heavy atom. The number of hydrogen-bond acceptors (Lipinski definition) is 7. The highest BCUT2D eigenvalue weighted by Crippen LogP contribution is 2.72. The first-order valence-corrected chi connectivity index (χ1v) is 12.6. The minimum atomic E-state index is -1.23. The van der Waals surface area contributed by atoms with E-state index in [0.29, 0.717) is 12.0 Å². The van der Waals surface area contributed by atoms with Gasteiger partial charge in [0, 0.05) is 35.2 Å². The minimum absolute atomic E-state index is 0.00421. The van der Waals surface area contributed by atoms with Gasteiger partial charge in [0.05, 0.1) is 6.10 Å². The third-order valence-corrected chi connectivity index (χ3v) is 10.3. The highest BCUT2D eigenvalue weighted by atomic mass is 16.6. The smallest absolute Gasteiger partial charge is 0.336 e. The topological polar surface area (TPSA) is 110 Å². The van der Waals surface area contributed by atoms with E-state index in [4.69, 9.17) is 9.47 Å². The fourth-order valence-electron chi connectivity index (χ4n) is 9.00. The number of hydrogen-bond donors (Lipinski definition) is 2. The summed E-state index contributed by atoms with van der Waals surface area (Å²) in [5.41, 5.74) is -0.878. The molecule has 9 atom stereocenters. The van der Waals surface area contributed by atoms with Crippen LogP contribution in [0.25, 0.3) is 0 Å². The number of carbonyl (C=O) groups is 3. The van der Waals surface area contributed by atoms with Crippen LogP contribution in [0.15, 0.2) is 35.5 Å². The largest absolute Gasteiger partial charge is 0.459 e. The molecule has 0 aromatic carbocycles. The summed E-state index contributed by atoms with van der Waals surface area (Å²) in [7, 11) is 0. The predicted molar refractivity (Wildman–Crippen MR) is 126 cm³/mol. The molecule has 2 saturated carbocycles. The summed E-state index contributed by atoms with van der Waals surface area (Å²) in [5.74, 6) is -1.57. The molecule has 0 amide bonds. The average Bonchev–Trinajstić information content (AvgIpc) is 3.26. The van der Waals surface area contributed by atoms with Crippen molar-refractivity contribution in [3.63, 3.8) is 0 Å². The Kier molecular flexibility index (Phi) is 5.16. The molecular weight excluding hydrogens is 448 g/mol. The molecular formula is C28H36O7. The Labute approximate surface area is 206 Å². The molecule has 0 aromatic rings. The first kappa shape index (κ1) is 24.4. The van der Waals surface area contributed by atoms with Crippen LogP contribution < -0.4 is 0 Å². The van der Waals surface area contributed by atoms with Crippen molar-refractivity contribution in [3.8, 4) is 0 Å². The number of cyclic esters (lactones) is 1. The lowest BCUT2D eigenvalue weighted by atomic mass is 9.37. The van der Waals surface area contributed by atoms with Gasteiger partial charge in [0.15, 0.2) is 5.78 Å². The molecule has 0 unspecified atom stereocenters. The molecule has 2 fully saturated rings. The molecule has 0 bridgehead atoms. The van der Waals surface area contributed by atoms with Gasteiger partial charge in [-0.2, -0.15) is 0 Å². The average molecular weight is 485 g/mol. The maximum absolute atomic E-state index is 12.9. The Bertz CT molecular complexity index is 1100. The highest BCUT2D eigenvalue weighted by Gasteiger charge is 2.71. The maximum Gasteiger partial charge on any atom is 0.336 e. The SMILES string of the molecule is CC(=O)O[C@@H]1[C@H](O)[C@H]2C(C)(C)C(=O)C=C[C@]2(C)[C@H]2CC[C@]3(C)C(=CC[C@H]3C3=C[C@H](O)OC3=O)[C@]12C. The molecule has 190 valence electrons. The first-order valence-electron chi connectivity index (χ1n) is 12.6. The summed E-state index contributed by atoms with van der Waals surface area (Å²) in [6, 6.07) is 0. The summed E-state index contributed by atoms with van der Waals surface area (Å²) < 4.78 is 10.9. The molecule has 7 heteroatoms. The predicted octanol–water partition coefficient (Wildman–Crippen LogP) is 3.25. The van der Waals surface area contributed by atoms with Gasteiger partial charge in [-0.1, -0.05) is 52.3 Å². The molecule has 1 aliphatic heterocycles. The van der Waals surface area contributed by atoms with E-state index in [1.807, 2.05) is 19.9 Å². The molecule has 0 saturated heterocycles. The van der Waals surface area contributed by atoms with Crippen LogP contribution in [0.2, 0.25) is 0 Å². The molecule has 0 radical (unpaired) electrons. The van der Waals surface area contributed by atoms with Crippen LogP contribution in [0.3, 0.4) is 0 Å². The van der Waals surface area contributed by atoms with Crippen LogP contribution in [0.1, 0.15) is 60.8 Å². The van der Waals surface area contributed by atoms with E-state index < -0.39 is 58.0 Å². The van der Waals surface area contributed by atoms with Crippen LogP contribution in [-0.4, -0.2) is 46.4 Å². The maximum atomic E-state index is 12.9. The zero-order chi connectivity index (χ0) is 25.7. The second-order valence-electron chi connectivity index (χ2n) is 12.4.